The van der Waals surface area contributed by atoms with Crippen LogP contribution in [-0.4, -0.2) is 18.5 Å². The van der Waals surface area contributed by atoms with Gasteiger partial charge in [-0.2, -0.15) is 0 Å². The van der Waals surface area contributed by atoms with Crippen molar-refractivity contribution in [3.8, 4) is 0 Å². The number of ether oxygens (including phenoxy) is 1. The summed E-state index contributed by atoms with van der Waals surface area (Å²) in [6, 6.07) is 4.77. The van der Waals surface area contributed by atoms with Crippen LogP contribution >= 0.6 is 23.2 Å². The maximum absolute atomic E-state index is 11.8. The Labute approximate surface area is 146 Å². The van der Waals surface area contributed by atoms with Gasteiger partial charge in [0.2, 0.25) is 0 Å². The van der Waals surface area contributed by atoms with E-state index in [4.69, 9.17) is 27.9 Å². The molecule has 6 heteroatoms. The van der Waals surface area contributed by atoms with Crippen molar-refractivity contribution in [2.45, 2.75) is 44.9 Å². The van der Waals surface area contributed by atoms with Gasteiger partial charge in [-0.05, 0) is 30.5 Å². The van der Waals surface area contributed by atoms with E-state index in [1.54, 1.807) is 12.1 Å². The Balaban J connectivity index is 1.68. The zero-order valence-corrected chi connectivity index (χ0v) is 14.5. The normalized spacial score (nSPS) is 15.2. The number of amides is 1. The summed E-state index contributed by atoms with van der Waals surface area (Å²) >= 11 is 11.8. The summed E-state index contributed by atoms with van der Waals surface area (Å²) in [5.74, 6) is -0.119. The van der Waals surface area contributed by atoms with Gasteiger partial charge >= 0.3 is 5.97 Å². The molecule has 1 aromatic carbocycles. The maximum Gasteiger partial charge on any atom is 0.306 e. The van der Waals surface area contributed by atoms with Crippen molar-refractivity contribution < 1.29 is 14.3 Å². The summed E-state index contributed by atoms with van der Waals surface area (Å²) in [7, 11) is 0. The second kappa shape index (κ2) is 9.14. The van der Waals surface area contributed by atoms with Crippen molar-refractivity contribution in [1.29, 1.82) is 0 Å². The predicted octanol–water partition coefficient (Wildman–Crippen LogP) is 4.84. The lowest BCUT2D eigenvalue weighted by Gasteiger charge is -2.20. The number of esters is 1. The van der Waals surface area contributed by atoms with Gasteiger partial charge in [-0.15, -0.1) is 0 Å². The molecule has 1 amide bonds. The fourth-order valence-electron chi connectivity index (χ4n) is 2.79. The molecule has 0 bridgehead atoms. The molecule has 2 rings (SSSR count). The molecule has 0 spiro atoms. The number of rotatable bonds is 6. The zero-order chi connectivity index (χ0) is 16.7. The van der Waals surface area contributed by atoms with Gasteiger partial charge in [-0.1, -0.05) is 55.3 Å². The lowest BCUT2D eigenvalue weighted by molar-refractivity contribution is -0.147. The van der Waals surface area contributed by atoms with Gasteiger partial charge in [0.15, 0.2) is 6.61 Å². The van der Waals surface area contributed by atoms with E-state index < -0.39 is 5.91 Å². The number of halogens is 2. The minimum absolute atomic E-state index is 0.303. The van der Waals surface area contributed by atoms with Crippen LogP contribution in [0.5, 0.6) is 0 Å². The third-order valence-corrected chi connectivity index (χ3v) is 4.60. The van der Waals surface area contributed by atoms with Gasteiger partial charge in [-0.3, -0.25) is 9.59 Å². The Bertz CT molecular complexity index is 557. The highest BCUT2D eigenvalue weighted by Gasteiger charge is 2.16. The van der Waals surface area contributed by atoms with Crippen molar-refractivity contribution in [2.24, 2.45) is 5.92 Å². The molecule has 0 aliphatic heterocycles. The third kappa shape index (κ3) is 6.40. The van der Waals surface area contributed by atoms with Crippen LogP contribution in [0.1, 0.15) is 44.9 Å². The quantitative estimate of drug-likeness (QED) is 0.741. The highest BCUT2D eigenvalue weighted by molar-refractivity contribution is 6.36. The molecule has 0 unspecified atom stereocenters. The maximum atomic E-state index is 11.8. The molecule has 1 saturated carbocycles. The Morgan fingerprint density at radius 2 is 1.91 bits per heavy atom. The second-order valence-corrected chi connectivity index (χ2v) is 6.72. The van der Waals surface area contributed by atoms with Crippen LogP contribution in [0.25, 0.3) is 0 Å². The first-order valence-electron chi connectivity index (χ1n) is 7.95. The summed E-state index contributed by atoms with van der Waals surface area (Å²) in [4.78, 5) is 23.5. The van der Waals surface area contributed by atoms with E-state index in [1.807, 2.05) is 0 Å². The molecule has 1 fully saturated rings. The molecule has 0 atom stereocenters. The smallest absolute Gasteiger partial charge is 0.306 e. The molecule has 1 N–H and O–H groups in total. The molecule has 1 aromatic rings. The first-order chi connectivity index (χ1) is 11.0. The van der Waals surface area contributed by atoms with Gasteiger partial charge in [0.1, 0.15) is 0 Å². The van der Waals surface area contributed by atoms with E-state index in [0.717, 1.165) is 6.42 Å². The molecule has 1 aliphatic rings. The minimum Gasteiger partial charge on any atom is -0.456 e. The fraction of sp³-hybridized carbons (Fsp3) is 0.529. The molecular formula is C17H21Cl2NO3. The van der Waals surface area contributed by atoms with Crippen LogP contribution in [-0.2, 0) is 14.3 Å². The molecule has 23 heavy (non-hydrogen) atoms. The topological polar surface area (TPSA) is 55.4 Å². The van der Waals surface area contributed by atoms with E-state index in [2.05, 4.69) is 5.32 Å². The average molecular weight is 358 g/mol. The van der Waals surface area contributed by atoms with Crippen LogP contribution in [0.2, 0.25) is 10.0 Å². The van der Waals surface area contributed by atoms with E-state index in [-0.39, 0.29) is 12.6 Å². The Hall–Kier alpha value is -1.26. The van der Waals surface area contributed by atoms with E-state index in [9.17, 15) is 9.59 Å². The van der Waals surface area contributed by atoms with Gasteiger partial charge in [0.25, 0.3) is 5.91 Å². The summed E-state index contributed by atoms with van der Waals surface area (Å²) in [6.07, 6.45) is 7.43. The van der Waals surface area contributed by atoms with E-state index in [0.29, 0.717) is 28.1 Å². The van der Waals surface area contributed by atoms with Crippen LogP contribution in [0.3, 0.4) is 0 Å². The molecule has 0 saturated heterocycles. The first kappa shape index (κ1) is 18.1. The van der Waals surface area contributed by atoms with E-state index in [1.165, 1.54) is 38.2 Å². The number of hydrogen-bond donors (Lipinski definition) is 1. The minimum atomic E-state index is -0.416. The summed E-state index contributed by atoms with van der Waals surface area (Å²) in [5.41, 5.74) is 0.444. The molecule has 0 aromatic heterocycles. The standard InChI is InChI=1S/C17H21Cl2NO3/c18-13-7-8-15(14(19)10-13)20-16(21)11-23-17(22)9-6-12-4-2-1-3-5-12/h7-8,10,12H,1-6,9,11H2,(H,20,21). The van der Waals surface area contributed by atoms with Crippen LogP contribution in [0, 0.1) is 5.92 Å². The molecule has 4 nitrogen and oxygen atoms in total. The highest BCUT2D eigenvalue weighted by atomic mass is 35.5. The van der Waals surface area contributed by atoms with Crippen molar-refractivity contribution in [3.63, 3.8) is 0 Å². The molecular weight excluding hydrogens is 337 g/mol. The van der Waals surface area contributed by atoms with Crippen molar-refractivity contribution in [2.75, 3.05) is 11.9 Å². The Morgan fingerprint density at radius 3 is 2.61 bits per heavy atom. The lowest BCUT2D eigenvalue weighted by atomic mass is 9.86. The number of nitrogens with one attached hydrogen (secondary N) is 1. The third-order valence-electron chi connectivity index (χ3n) is 4.05. The summed E-state index contributed by atoms with van der Waals surface area (Å²) in [5, 5.41) is 3.42. The zero-order valence-electron chi connectivity index (χ0n) is 12.9. The van der Waals surface area contributed by atoms with Crippen LogP contribution in [0.15, 0.2) is 18.2 Å². The number of carbonyl (C=O) groups excluding carboxylic acids is 2. The molecule has 0 heterocycles. The SMILES string of the molecule is O=C(COC(=O)CCC1CCCCC1)Nc1ccc(Cl)cc1Cl. The predicted molar refractivity (Wildman–Crippen MR) is 91.9 cm³/mol. The van der Waals surface area contributed by atoms with Crippen molar-refractivity contribution >= 4 is 40.8 Å². The number of benzene rings is 1. The first-order valence-corrected chi connectivity index (χ1v) is 8.70. The monoisotopic (exact) mass is 357 g/mol. The van der Waals surface area contributed by atoms with Gasteiger partial charge in [0, 0.05) is 11.4 Å². The van der Waals surface area contributed by atoms with Gasteiger partial charge in [0.05, 0.1) is 10.7 Å². The van der Waals surface area contributed by atoms with Crippen molar-refractivity contribution in [3.05, 3.63) is 28.2 Å². The summed E-state index contributed by atoms with van der Waals surface area (Å²) in [6.45, 7) is -0.303. The van der Waals surface area contributed by atoms with E-state index >= 15 is 0 Å². The number of hydrogen-bond acceptors (Lipinski definition) is 3. The van der Waals surface area contributed by atoms with Crippen molar-refractivity contribution in [1.82, 2.24) is 0 Å². The highest BCUT2D eigenvalue weighted by Crippen LogP contribution is 2.27. The van der Waals surface area contributed by atoms with Crippen LogP contribution < -0.4 is 5.32 Å². The Morgan fingerprint density at radius 1 is 1.17 bits per heavy atom. The second-order valence-electron chi connectivity index (χ2n) is 5.88. The lowest BCUT2D eigenvalue weighted by Crippen LogP contribution is -2.21. The fourth-order valence-corrected chi connectivity index (χ4v) is 3.25. The largest absolute Gasteiger partial charge is 0.456 e. The summed E-state index contributed by atoms with van der Waals surface area (Å²) < 4.78 is 5.01. The number of carbonyl (C=O) groups is 2. The van der Waals surface area contributed by atoms with Gasteiger partial charge < -0.3 is 10.1 Å². The van der Waals surface area contributed by atoms with Crippen LogP contribution in [0.4, 0.5) is 5.69 Å². The Kier molecular flexibility index (Phi) is 7.18. The average Bonchev–Trinajstić information content (AvgIpc) is 2.54. The molecule has 0 radical (unpaired) electrons. The molecule has 126 valence electrons. The van der Waals surface area contributed by atoms with Gasteiger partial charge in [-0.25, -0.2) is 0 Å². The molecule has 1 aliphatic carbocycles. The number of anilines is 1.